The molecule has 58 valence electrons. The molecule has 0 aliphatic carbocycles. The molecule has 0 unspecified atom stereocenters. The van der Waals surface area contributed by atoms with Crippen LogP contribution in [0.5, 0.6) is 0 Å². The fourth-order valence-corrected chi connectivity index (χ4v) is 0.785. The Kier molecular flexibility index (Phi) is 2.11. The zero-order valence-corrected chi connectivity index (χ0v) is 5.92. The van der Waals surface area contributed by atoms with Gasteiger partial charge in [0.25, 0.3) is 0 Å². The molecule has 0 amide bonds. The standard InChI is InChI=1S/C8H9FN2/c9-7-4-2-1-3-6(7)8(11)5-10/h1-5H,10-11H2/b8-5+. The van der Waals surface area contributed by atoms with E-state index in [0.29, 0.717) is 5.56 Å². The summed E-state index contributed by atoms with van der Waals surface area (Å²) in [6.45, 7) is 0. The second-order valence-electron chi connectivity index (χ2n) is 2.10. The average Bonchev–Trinajstić information content (AvgIpc) is 2.04. The highest BCUT2D eigenvalue weighted by atomic mass is 19.1. The third-order valence-corrected chi connectivity index (χ3v) is 1.36. The van der Waals surface area contributed by atoms with E-state index in [2.05, 4.69) is 0 Å². The molecule has 0 fully saturated rings. The van der Waals surface area contributed by atoms with E-state index in [1.807, 2.05) is 0 Å². The Morgan fingerprint density at radius 1 is 1.36 bits per heavy atom. The van der Waals surface area contributed by atoms with Crippen LogP contribution in [0.1, 0.15) is 5.56 Å². The van der Waals surface area contributed by atoms with Gasteiger partial charge in [0.15, 0.2) is 0 Å². The summed E-state index contributed by atoms with van der Waals surface area (Å²) in [5.74, 6) is -0.355. The fraction of sp³-hybridized carbons (Fsp3) is 0. The van der Waals surface area contributed by atoms with Gasteiger partial charge >= 0.3 is 0 Å². The van der Waals surface area contributed by atoms with Crippen molar-refractivity contribution < 1.29 is 4.39 Å². The van der Waals surface area contributed by atoms with Crippen LogP contribution < -0.4 is 11.5 Å². The second kappa shape index (κ2) is 3.05. The van der Waals surface area contributed by atoms with Gasteiger partial charge in [0.1, 0.15) is 5.82 Å². The SMILES string of the molecule is N/C=C(/N)c1ccccc1F. The predicted molar refractivity (Wildman–Crippen MR) is 42.8 cm³/mol. The number of hydrogen-bond acceptors (Lipinski definition) is 2. The summed E-state index contributed by atoms with van der Waals surface area (Å²) < 4.78 is 12.9. The molecule has 0 bridgehead atoms. The molecule has 0 aliphatic rings. The molecule has 1 aromatic carbocycles. The molecule has 0 spiro atoms. The summed E-state index contributed by atoms with van der Waals surface area (Å²) in [7, 11) is 0. The van der Waals surface area contributed by atoms with Gasteiger partial charge < -0.3 is 11.5 Å². The zero-order valence-electron chi connectivity index (χ0n) is 5.92. The Morgan fingerprint density at radius 2 is 2.00 bits per heavy atom. The largest absolute Gasteiger partial charge is 0.403 e. The van der Waals surface area contributed by atoms with Gasteiger partial charge in [-0.25, -0.2) is 4.39 Å². The molecule has 0 radical (unpaired) electrons. The van der Waals surface area contributed by atoms with Gasteiger partial charge in [-0.3, -0.25) is 0 Å². The highest BCUT2D eigenvalue weighted by Crippen LogP contribution is 2.11. The molecule has 0 aromatic heterocycles. The van der Waals surface area contributed by atoms with Crippen LogP contribution in [-0.2, 0) is 0 Å². The van der Waals surface area contributed by atoms with E-state index in [0.717, 1.165) is 0 Å². The number of rotatable bonds is 1. The van der Waals surface area contributed by atoms with Crippen LogP contribution in [0.4, 0.5) is 4.39 Å². The van der Waals surface area contributed by atoms with Gasteiger partial charge in [-0.1, -0.05) is 12.1 Å². The van der Waals surface area contributed by atoms with Crippen molar-refractivity contribution in [2.24, 2.45) is 11.5 Å². The highest BCUT2D eigenvalue weighted by Gasteiger charge is 2.00. The van der Waals surface area contributed by atoms with Crippen LogP contribution in [0.25, 0.3) is 5.70 Å². The van der Waals surface area contributed by atoms with Crippen molar-refractivity contribution in [3.8, 4) is 0 Å². The average molecular weight is 152 g/mol. The summed E-state index contributed by atoms with van der Waals surface area (Å²) in [5, 5.41) is 0. The lowest BCUT2D eigenvalue weighted by molar-refractivity contribution is 0.623. The lowest BCUT2D eigenvalue weighted by Crippen LogP contribution is -2.01. The Bertz CT molecular complexity index is 281. The maximum absolute atomic E-state index is 12.9. The van der Waals surface area contributed by atoms with Gasteiger partial charge in [-0.2, -0.15) is 0 Å². The van der Waals surface area contributed by atoms with Crippen LogP contribution in [-0.4, -0.2) is 0 Å². The molecule has 11 heavy (non-hydrogen) atoms. The summed E-state index contributed by atoms with van der Waals surface area (Å²) in [4.78, 5) is 0. The normalized spacial score (nSPS) is 11.5. The van der Waals surface area contributed by atoms with E-state index >= 15 is 0 Å². The Balaban J connectivity index is 3.14. The van der Waals surface area contributed by atoms with Gasteiger partial charge in [-0.15, -0.1) is 0 Å². The van der Waals surface area contributed by atoms with E-state index < -0.39 is 0 Å². The molecule has 0 saturated heterocycles. The van der Waals surface area contributed by atoms with Crippen molar-refractivity contribution in [1.29, 1.82) is 0 Å². The van der Waals surface area contributed by atoms with E-state index in [1.54, 1.807) is 18.2 Å². The lowest BCUT2D eigenvalue weighted by atomic mass is 10.1. The first-order chi connectivity index (χ1) is 5.25. The van der Waals surface area contributed by atoms with Crippen LogP contribution in [0.15, 0.2) is 30.5 Å². The summed E-state index contributed by atoms with van der Waals surface area (Å²) in [5.41, 5.74) is 11.1. The zero-order chi connectivity index (χ0) is 8.27. The molecular formula is C8H9FN2. The first-order valence-electron chi connectivity index (χ1n) is 3.18. The smallest absolute Gasteiger partial charge is 0.132 e. The predicted octanol–water partition coefficient (Wildman–Crippen LogP) is 1.04. The number of hydrogen-bond donors (Lipinski definition) is 2. The molecule has 0 heterocycles. The summed E-state index contributed by atoms with van der Waals surface area (Å²) in [6.07, 6.45) is 1.18. The second-order valence-corrected chi connectivity index (χ2v) is 2.10. The monoisotopic (exact) mass is 152 g/mol. The Labute approximate surface area is 64.3 Å². The minimum Gasteiger partial charge on any atom is -0.403 e. The maximum Gasteiger partial charge on any atom is 0.132 e. The van der Waals surface area contributed by atoms with Crippen LogP contribution in [0.3, 0.4) is 0 Å². The maximum atomic E-state index is 12.9. The number of benzene rings is 1. The van der Waals surface area contributed by atoms with Gasteiger partial charge in [0.05, 0.1) is 5.70 Å². The van der Waals surface area contributed by atoms with E-state index in [1.165, 1.54) is 12.3 Å². The van der Waals surface area contributed by atoms with Gasteiger partial charge in [0.2, 0.25) is 0 Å². The van der Waals surface area contributed by atoms with Crippen LogP contribution in [0.2, 0.25) is 0 Å². The van der Waals surface area contributed by atoms with Crippen molar-refractivity contribution >= 4 is 5.70 Å². The summed E-state index contributed by atoms with van der Waals surface area (Å²) in [6, 6.07) is 6.22. The molecule has 0 aliphatic heterocycles. The molecule has 4 N–H and O–H groups in total. The van der Waals surface area contributed by atoms with Gasteiger partial charge in [0, 0.05) is 11.8 Å². The van der Waals surface area contributed by atoms with Crippen molar-refractivity contribution in [1.82, 2.24) is 0 Å². The third kappa shape index (κ3) is 1.49. The highest BCUT2D eigenvalue weighted by molar-refractivity contribution is 5.62. The van der Waals surface area contributed by atoms with Crippen LogP contribution >= 0.6 is 0 Å². The fourth-order valence-electron chi connectivity index (χ4n) is 0.785. The quantitative estimate of drug-likeness (QED) is 0.631. The Morgan fingerprint density at radius 3 is 2.55 bits per heavy atom. The van der Waals surface area contributed by atoms with E-state index in [-0.39, 0.29) is 11.5 Å². The number of halogens is 1. The molecule has 3 heteroatoms. The minimum absolute atomic E-state index is 0.253. The molecule has 2 nitrogen and oxygen atoms in total. The van der Waals surface area contributed by atoms with Crippen molar-refractivity contribution in [3.05, 3.63) is 41.8 Å². The van der Waals surface area contributed by atoms with E-state index in [9.17, 15) is 4.39 Å². The first kappa shape index (κ1) is 7.60. The molecule has 0 atom stereocenters. The molecule has 1 aromatic rings. The van der Waals surface area contributed by atoms with Crippen molar-refractivity contribution in [2.75, 3.05) is 0 Å². The Hall–Kier alpha value is -1.51. The molecular weight excluding hydrogens is 143 g/mol. The molecule has 0 saturated carbocycles. The molecule has 1 rings (SSSR count). The topological polar surface area (TPSA) is 52.0 Å². The minimum atomic E-state index is -0.355. The third-order valence-electron chi connectivity index (χ3n) is 1.36. The first-order valence-corrected chi connectivity index (χ1v) is 3.18. The van der Waals surface area contributed by atoms with Crippen molar-refractivity contribution in [3.63, 3.8) is 0 Å². The van der Waals surface area contributed by atoms with Crippen LogP contribution in [0, 0.1) is 5.82 Å². The summed E-state index contributed by atoms with van der Waals surface area (Å²) >= 11 is 0. The van der Waals surface area contributed by atoms with E-state index in [4.69, 9.17) is 11.5 Å². The number of nitrogens with two attached hydrogens (primary N) is 2. The van der Waals surface area contributed by atoms with Crippen molar-refractivity contribution in [2.45, 2.75) is 0 Å². The lowest BCUT2D eigenvalue weighted by Gasteiger charge is -2.00. The van der Waals surface area contributed by atoms with Gasteiger partial charge in [-0.05, 0) is 12.1 Å².